The number of nitrogens with zero attached hydrogens (tertiary/aromatic N) is 1. The molecule has 0 N–H and O–H groups in total. The van der Waals surface area contributed by atoms with Crippen molar-refractivity contribution in [1.29, 1.82) is 0 Å². The normalized spacial score (nSPS) is 11.8. The Morgan fingerprint density at radius 1 is 0.354 bits per heavy atom. The van der Waals surface area contributed by atoms with Crippen LogP contribution in [0.1, 0.15) is 18.2 Å². The van der Waals surface area contributed by atoms with Crippen LogP contribution in [-0.2, 0) is 6.54 Å². The minimum atomic E-state index is -7.22. The molecule has 0 saturated heterocycles. The number of fused-ring (bicyclic) bond motifs is 1. The lowest BCUT2D eigenvalue weighted by Crippen LogP contribution is -2.81. The van der Waals surface area contributed by atoms with Gasteiger partial charge in [0, 0.05) is 29.2 Å². The van der Waals surface area contributed by atoms with E-state index in [0.29, 0.717) is 0 Å². The molecule has 6 aromatic carbocycles. The topological polar surface area (TPSA) is 3.88 Å². The van der Waals surface area contributed by atoms with Crippen molar-refractivity contribution in [2.75, 3.05) is 0 Å². The van der Waals surface area contributed by atoms with Gasteiger partial charge in [-0.1, -0.05) is 48.5 Å². The third kappa shape index (κ3) is 7.50. The standard InChI is InChI=1S/C24BF20.C19H18N/c26-5-1(6(27)14(35)21(42)13(5)34)25(2-7(28)15(36)22(43)16(37)8(2)29,3-9(30)17(38)23(44)18(39)10(3)31)4-11(32)19(40)24(45)20(41)12(4)33;1-2-8-18-14-13-17-11-6-7-12-19(17)20(18)15-16-9-4-3-5-10-16/h;2-14H,15H2,1H3/q-1;+1. The Hall–Kier alpha value is -6.87. The van der Waals surface area contributed by atoms with Crippen LogP contribution in [0.2, 0.25) is 0 Å². The highest BCUT2D eigenvalue weighted by Gasteiger charge is 2.52. The molecule has 0 radical (unpaired) electrons. The molecule has 65 heavy (non-hydrogen) atoms. The molecule has 0 aliphatic rings. The SMILES string of the molecule is CC=Cc1ccc2ccccc2[n+]1Cc1ccccc1.Fc1c(F)c(F)c([B-](c2c(F)c(F)c(F)c(F)c2F)(c2c(F)c(F)c(F)c(F)c2F)c2c(F)c(F)c(F)c(F)c2F)c(F)c1F. The molecule has 0 atom stereocenters. The van der Waals surface area contributed by atoms with Crippen LogP contribution in [0.25, 0.3) is 17.0 Å². The summed E-state index contributed by atoms with van der Waals surface area (Å²) in [6, 6.07) is 23.5. The lowest BCUT2D eigenvalue weighted by atomic mass is 9.12. The number of para-hydroxylation sites is 1. The van der Waals surface area contributed by atoms with Gasteiger partial charge in [0.25, 0.3) is 0 Å². The van der Waals surface area contributed by atoms with Crippen molar-refractivity contribution in [3.63, 3.8) is 0 Å². The van der Waals surface area contributed by atoms with E-state index in [4.69, 9.17) is 0 Å². The van der Waals surface area contributed by atoms with Crippen molar-refractivity contribution in [3.8, 4) is 0 Å². The Kier molecular flexibility index (Phi) is 13.2. The fourth-order valence-corrected chi connectivity index (χ4v) is 7.41. The van der Waals surface area contributed by atoms with Crippen LogP contribution in [0.5, 0.6) is 0 Å². The lowest BCUT2D eigenvalue weighted by molar-refractivity contribution is -0.664. The first-order chi connectivity index (χ1) is 30.6. The van der Waals surface area contributed by atoms with Crippen LogP contribution in [0.15, 0.2) is 72.8 Å². The summed E-state index contributed by atoms with van der Waals surface area (Å²) in [5, 5.41) is 1.27. The quantitative estimate of drug-likeness (QED) is 0.0493. The van der Waals surface area contributed by atoms with Crippen molar-refractivity contribution in [2.45, 2.75) is 13.5 Å². The van der Waals surface area contributed by atoms with Crippen molar-refractivity contribution in [1.82, 2.24) is 0 Å². The van der Waals surface area contributed by atoms with Gasteiger partial charge < -0.3 is 0 Å². The zero-order chi connectivity index (χ0) is 48.1. The Labute approximate surface area is 351 Å². The molecule has 22 heteroatoms. The largest absolute Gasteiger partial charge is 0.213 e. The maximum absolute atomic E-state index is 15.4. The van der Waals surface area contributed by atoms with E-state index in [9.17, 15) is 52.7 Å². The predicted molar refractivity (Wildman–Crippen MR) is 194 cm³/mol. The number of pyridine rings is 1. The Morgan fingerprint density at radius 2 is 0.646 bits per heavy atom. The monoisotopic (exact) mass is 939 g/mol. The molecule has 0 saturated carbocycles. The molecule has 0 bridgehead atoms. The first-order valence-electron chi connectivity index (χ1n) is 17.9. The van der Waals surface area contributed by atoms with Gasteiger partial charge in [-0.05, 0) is 19.1 Å². The van der Waals surface area contributed by atoms with Gasteiger partial charge in [0.1, 0.15) is 52.7 Å². The summed E-state index contributed by atoms with van der Waals surface area (Å²) in [7, 11) is 0. The van der Waals surface area contributed by atoms with Crippen molar-refractivity contribution < 1.29 is 92.4 Å². The van der Waals surface area contributed by atoms with Gasteiger partial charge >= 0.3 is 0 Å². The van der Waals surface area contributed by atoms with Crippen LogP contribution in [0, 0.1) is 116 Å². The van der Waals surface area contributed by atoms with E-state index < -0.39 is 144 Å². The second-order valence-electron chi connectivity index (χ2n) is 13.7. The molecule has 7 rings (SSSR count). The summed E-state index contributed by atoms with van der Waals surface area (Å²) < 4.78 is 296. The average molecular weight is 939 g/mol. The zero-order valence-corrected chi connectivity index (χ0v) is 31.8. The van der Waals surface area contributed by atoms with Crippen LogP contribution < -0.4 is 26.4 Å². The smallest absolute Gasteiger partial charge is 0.207 e. The maximum Gasteiger partial charge on any atom is 0.213 e. The van der Waals surface area contributed by atoms with Gasteiger partial charge in [0.15, 0.2) is 76.4 Å². The molecule has 0 spiro atoms. The average Bonchev–Trinajstić information content (AvgIpc) is 3.30. The van der Waals surface area contributed by atoms with Crippen LogP contribution in [0.4, 0.5) is 87.8 Å². The second kappa shape index (κ2) is 18.0. The van der Waals surface area contributed by atoms with Crippen LogP contribution in [0.3, 0.4) is 0 Å². The van der Waals surface area contributed by atoms with Crippen molar-refractivity contribution >= 4 is 45.0 Å². The van der Waals surface area contributed by atoms with E-state index in [1.165, 1.54) is 22.2 Å². The Morgan fingerprint density at radius 3 is 0.969 bits per heavy atom. The second-order valence-corrected chi connectivity index (χ2v) is 13.7. The summed E-state index contributed by atoms with van der Waals surface area (Å²) >= 11 is 0. The lowest BCUT2D eigenvalue weighted by Gasteiger charge is -2.44. The van der Waals surface area contributed by atoms with E-state index in [1.54, 1.807) is 0 Å². The summed E-state index contributed by atoms with van der Waals surface area (Å²) in [6.45, 7) is 2.95. The van der Waals surface area contributed by atoms with Crippen LogP contribution >= 0.6 is 0 Å². The summed E-state index contributed by atoms with van der Waals surface area (Å²) in [6.07, 6.45) is -2.97. The molecular weight excluding hydrogens is 921 g/mol. The van der Waals surface area contributed by atoms with Crippen LogP contribution in [-0.4, -0.2) is 6.15 Å². The summed E-state index contributed by atoms with van der Waals surface area (Å²) in [4.78, 5) is 0. The number of benzene rings is 6. The third-order valence-electron chi connectivity index (χ3n) is 10.2. The number of hydrogen-bond donors (Lipinski definition) is 0. The van der Waals surface area contributed by atoms with Crippen molar-refractivity contribution in [3.05, 3.63) is 200 Å². The van der Waals surface area contributed by atoms with E-state index >= 15 is 35.1 Å². The molecule has 0 aliphatic heterocycles. The number of rotatable bonds is 7. The molecule has 1 nitrogen and oxygen atoms in total. The number of hydrogen-bond acceptors (Lipinski definition) is 0. The first kappa shape index (κ1) is 47.6. The predicted octanol–water partition coefficient (Wildman–Crippen LogP) is 10.1. The van der Waals surface area contributed by atoms with E-state index in [1.807, 2.05) is 0 Å². The van der Waals surface area contributed by atoms with Gasteiger partial charge in [-0.15, -0.1) is 21.9 Å². The minimum Gasteiger partial charge on any atom is -0.207 e. The van der Waals surface area contributed by atoms with E-state index in [2.05, 4.69) is 90.4 Å². The molecule has 7 aromatic rings. The summed E-state index contributed by atoms with van der Waals surface area (Å²) in [5.74, 6) is -71.4. The highest BCUT2D eigenvalue weighted by molar-refractivity contribution is 7.20. The fourth-order valence-electron chi connectivity index (χ4n) is 7.41. The summed E-state index contributed by atoms with van der Waals surface area (Å²) in [5.41, 5.74) is -10.5. The molecule has 0 amide bonds. The zero-order valence-electron chi connectivity index (χ0n) is 31.8. The van der Waals surface area contributed by atoms with Gasteiger partial charge in [-0.3, -0.25) is 0 Å². The Balaban J connectivity index is 0.000000289. The van der Waals surface area contributed by atoms with E-state index in [0.717, 1.165) is 6.54 Å². The molecule has 0 unspecified atom stereocenters. The number of halogens is 20. The number of aromatic nitrogens is 1. The Bertz CT molecular complexity index is 2700. The third-order valence-corrected chi connectivity index (χ3v) is 10.2. The number of allylic oxidation sites excluding steroid dienone is 1. The molecule has 338 valence electrons. The van der Waals surface area contributed by atoms with E-state index in [-0.39, 0.29) is 0 Å². The minimum absolute atomic E-state index is 0.891. The fraction of sp³-hybridized carbons (Fsp3) is 0.0465. The maximum atomic E-state index is 15.4. The molecular formula is C43H18BF20N. The highest BCUT2D eigenvalue weighted by atomic mass is 19.2. The van der Waals surface area contributed by atoms with Gasteiger partial charge in [0.05, 0.1) is 0 Å². The van der Waals surface area contributed by atoms with Crippen molar-refractivity contribution in [2.24, 2.45) is 0 Å². The van der Waals surface area contributed by atoms with Gasteiger partial charge in [-0.25, -0.2) is 87.8 Å². The molecule has 1 aromatic heterocycles. The highest BCUT2D eigenvalue weighted by Crippen LogP contribution is 2.31. The molecule has 0 aliphatic carbocycles. The first-order valence-corrected chi connectivity index (χ1v) is 17.9. The van der Waals surface area contributed by atoms with Gasteiger partial charge in [-0.2, -0.15) is 4.57 Å². The van der Waals surface area contributed by atoms with Gasteiger partial charge in [0.2, 0.25) is 11.2 Å². The molecule has 1 heterocycles. The molecule has 0 fully saturated rings.